The molecular formula is C24H33N7O2S. The molecular weight excluding hydrogens is 450 g/mol. The van der Waals surface area contributed by atoms with Gasteiger partial charge in [-0.15, -0.1) is 11.3 Å². The molecule has 4 rings (SSSR count). The average Bonchev–Trinajstić information content (AvgIpc) is 3.31. The number of carbonyl (C=O) groups excluding carboxylic acids is 1. The minimum atomic E-state index is -0.0300. The van der Waals surface area contributed by atoms with Crippen LogP contribution in [0.2, 0.25) is 0 Å². The van der Waals surface area contributed by atoms with Gasteiger partial charge in [0.1, 0.15) is 17.3 Å². The maximum absolute atomic E-state index is 12.9. The number of nitriles is 1. The van der Waals surface area contributed by atoms with E-state index in [4.69, 9.17) is 15.0 Å². The Hall–Kier alpha value is -2.61. The third-order valence-corrected chi connectivity index (χ3v) is 7.04. The van der Waals surface area contributed by atoms with Gasteiger partial charge in [0.05, 0.1) is 18.7 Å². The third-order valence-electron chi connectivity index (χ3n) is 6.28. The highest BCUT2D eigenvalue weighted by Crippen LogP contribution is 2.27. The second-order valence-electron chi connectivity index (χ2n) is 9.01. The van der Waals surface area contributed by atoms with Crippen LogP contribution < -0.4 is 5.32 Å². The summed E-state index contributed by atoms with van der Waals surface area (Å²) in [6.07, 6.45) is 5.06. The number of amides is 1. The number of nitrogens with zero attached hydrogens (tertiary/aromatic N) is 6. The summed E-state index contributed by atoms with van der Waals surface area (Å²) in [5.41, 5.74) is 1.34. The Kier molecular flexibility index (Phi) is 8.43. The molecule has 2 saturated heterocycles. The van der Waals surface area contributed by atoms with Crippen LogP contribution in [-0.2, 0) is 4.74 Å². The molecule has 0 unspecified atom stereocenters. The van der Waals surface area contributed by atoms with Crippen molar-refractivity contribution < 1.29 is 9.53 Å². The van der Waals surface area contributed by atoms with E-state index in [1.165, 1.54) is 11.3 Å². The summed E-state index contributed by atoms with van der Waals surface area (Å²) in [5.74, 6) is 1.66. The van der Waals surface area contributed by atoms with Crippen LogP contribution >= 0.6 is 11.3 Å². The first-order valence-corrected chi connectivity index (χ1v) is 13.0. The predicted molar refractivity (Wildman–Crippen MR) is 131 cm³/mol. The van der Waals surface area contributed by atoms with Crippen LogP contribution in [-0.4, -0.2) is 76.1 Å². The molecule has 2 aliphatic rings. The molecule has 0 spiro atoms. The number of carbonyl (C=O) groups is 1. The number of aryl methyl sites for hydroxylation is 1. The van der Waals surface area contributed by atoms with Gasteiger partial charge in [0, 0.05) is 49.3 Å². The lowest BCUT2D eigenvalue weighted by Crippen LogP contribution is -2.41. The molecule has 2 fully saturated rings. The fourth-order valence-corrected chi connectivity index (χ4v) is 5.25. The van der Waals surface area contributed by atoms with E-state index < -0.39 is 0 Å². The van der Waals surface area contributed by atoms with Crippen molar-refractivity contribution in [3.05, 3.63) is 28.7 Å². The first kappa shape index (κ1) is 24.5. The number of ether oxygens (including phenoxy) is 1. The second kappa shape index (κ2) is 11.7. The summed E-state index contributed by atoms with van der Waals surface area (Å²) in [7, 11) is 0. The Morgan fingerprint density at radius 3 is 2.85 bits per heavy atom. The van der Waals surface area contributed by atoms with Crippen molar-refractivity contribution in [2.45, 2.75) is 58.0 Å². The van der Waals surface area contributed by atoms with Gasteiger partial charge in [-0.3, -0.25) is 9.69 Å². The van der Waals surface area contributed by atoms with E-state index in [0.29, 0.717) is 36.3 Å². The Morgan fingerprint density at radius 2 is 2.09 bits per heavy atom. The normalized spacial score (nSPS) is 19.7. The van der Waals surface area contributed by atoms with Crippen LogP contribution in [0.5, 0.6) is 0 Å². The van der Waals surface area contributed by atoms with Gasteiger partial charge in [0.25, 0.3) is 5.91 Å². The monoisotopic (exact) mass is 483 g/mol. The molecule has 9 nitrogen and oxygen atoms in total. The number of piperidine rings is 2. The third kappa shape index (κ3) is 6.29. The molecule has 0 bridgehead atoms. The summed E-state index contributed by atoms with van der Waals surface area (Å²) >= 11 is 1.40. The van der Waals surface area contributed by atoms with E-state index in [1.54, 1.807) is 5.38 Å². The van der Waals surface area contributed by atoms with Crippen LogP contribution in [0.1, 0.15) is 67.0 Å². The Labute approximate surface area is 205 Å². The molecule has 2 aromatic rings. The minimum absolute atomic E-state index is 0.0300. The van der Waals surface area contributed by atoms with Crippen LogP contribution in [0.3, 0.4) is 0 Å². The van der Waals surface area contributed by atoms with Crippen molar-refractivity contribution in [2.75, 3.05) is 44.6 Å². The number of likely N-dealkylation sites (tertiary alicyclic amines) is 2. The van der Waals surface area contributed by atoms with Gasteiger partial charge in [-0.05, 0) is 45.6 Å². The molecule has 2 aliphatic heterocycles. The standard InChI is InChI=1S/C24H33N7O2S/c1-3-13-33-19-6-10-31(11-7-19)23(32)20-16-34-24(27-20)29-21-14-17(2)26-22(28-21)18-5-4-9-30(15-18)12-8-25/h14,16,18-19H,3-7,9-13,15H2,1-2H3,(H,26,27,28,29)/t18-/m0/s1. The Morgan fingerprint density at radius 1 is 1.26 bits per heavy atom. The highest BCUT2D eigenvalue weighted by Gasteiger charge is 2.26. The zero-order valence-electron chi connectivity index (χ0n) is 20.0. The van der Waals surface area contributed by atoms with Crippen LogP contribution in [0.25, 0.3) is 0 Å². The SMILES string of the molecule is CCCOC1CCN(C(=O)c2csc(Nc3cc(C)nc([C@H]4CCCN(CC#N)C4)n3)n2)CC1. The molecule has 0 saturated carbocycles. The average molecular weight is 484 g/mol. The van der Waals surface area contributed by atoms with Crippen LogP contribution in [0, 0.1) is 18.3 Å². The summed E-state index contributed by atoms with van der Waals surface area (Å²) in [4.78, 5) is 30.9. The van der Waals surface area contributed by atoms with E-state index in [1.807, 2.05) is 17.9 Å². The Balaban J connectivity index is 1.37. The molecule has 1 atom stereocenters. The number of anilines is 2. The fraction of sp³-hybridized carbons (Fsp3) is 0.625. The topological polar surface area (TPSA) is 107 Å². The van der Waals surface area contributed by atoms with Gasteiger partial charge in [0.2, 0.25) is 0 Å². The molecule has 2 aromatic heterocycles. The van der Waals surface area contributed by atoms with Gasteiger partial charge < -0.3 is 15.0 Å². The van der Waals surface area contributed by atoms with Crippen molar-refractivity contribution in [3.63, 3.8) is 0 Å². The van der Waals surface area contributed by atoms with Gasteiger partial charge in [0.15, 0.2) is 5.13 Å². The number of thiazole rings is 1. The van der Waals surface area contributed by atoms with Gasteiger partial charge in [-0.25, -0.2) is 15.0 Å². The van der Waals surface area contributed by atoms with Crippen LogP contribution in [0.15, 0.2) is 11.4 Å². The summed E-state index contributed by atoms with van der Waals surface area (Å²) < 4.78 is 5.83. The first-order valence-electron chi connectivity index (χ1n) is 12.1. The molecule has 4 heterocycles. The van der Waals surface area contributed by atoms with Gasteiger partial charge in [-0.1, -0.05) is 6.92 Å². The molecule has 1 N–H and O–H groups in total. The lowest BCUT2D eigenvalue weighted by atomic mass is 9.97. The lowest BCUT2D eigenvalue weighted by Gasteiger charge is -2.31. The predicted octanol–water partition coefficient (Wildman–Crippen LogP) is 3.72. The van der Waals surface area contributed by atoms with Crippen molar-refractivity contribution >= 4 is 28.2 Å². The van der Waals surface area contributed by atoms with Crippen molar-refractivity contribution in [3.8, 4) is 6.07 Å². The molecule has 0 aromatic carbocycles. The number of nitrogens with one attached hydrogen (secondary N) is 1. The van der Waals surface area contributed by atoms with Crippen molar-refractivity contribution in [1.82, 2.24) is 24.8 Å². The smallest absolute Gasteiger partial charge is 0.273 e. The van der Waals surface area contributed by atoms with Gasteiger partial charge >= 0.3 is 0 Å². The molecule has 0 radical (unpaired) electrons. The Bertz CT molecular complexity index is 1010. The number of aromatic nitrogens is 3. The lowest BCUT2D eigenvalue weighted by molar-refractivity contribution is 0.00887. The molecule has 1 amide bonds. The molecule has 34 heavy (non-hydrogen) atoms. The number of hydrogen-bond acceptors (Lipinski definition) is 9. The fourth-order valence-electron chi connectivity index (χ4n) is 4.56. The van der Waals surface area contributed by atoms with E-state index in [-0.39, 0.29) is 17.9 Å². The summed E-state index contributed by atoms with van der Waals surface area (Å²) in [6, 6.07) is 4.13. The van der Waals surface area contributed by atoms with E-state index >= 15 is 0 Å². The van der Waals surface area contributed by atoms with E-state index in [9.17, 15) is 4.79 Å². The van der Waals surface area contributed by atoms with Gasteiger partial charge in [-0.2, -0.15) is 5.26 Å². The number of rotatable bonds is 8. The highest BCUT2D eigenvalue weighted by molar-refractivity contribution is 7.14. The molecule has 0 aliphatic carbocycles. The zero-order valence-corrected chi connectivity index (χ0v) is 20.8. The molecule has 182 valence electrons. The molecule has 10 heteroatoms. The quantitative estimate of drug-likeness (QED) is 0.566. The largest absolute Gasteiger partial charge is 0.378 e. The zero-order chi connectivity index (χ0) is 23.9. The number of hydrogen-bond donors (Lipinski definition) is 1. The van der Waals surface area contributed by atoms with Crippen molar-refractivity contribution in [2.24, 2.45) is 0 Å². The minimum Gasteiger partial charge on any atom is -0.378 e. The highest BCUT2D eigenvalue weighted by atomic mass is 32.1. The van der Waals surface area contributed by atoms with Crippen molar-refractivity contribution in [1.29, 1.82) is 5.26 Å². The van der Waals surface area contributed by atoms with E-state index in [0.717, 1.165) is 63.3 Å². The van der Waals surface area contributed by atoms with E-state index in [2.05, 4.69) is 33.2 Å². The summed E-state index contributed by atoms with van der Waals surface area (Å²) in [6.45, 7) is 8.42. The van der Waals surface area contributed by atoms with Crippen LogP contribution in [0.4, 0.5) is 10.9 Å². The maximum Gasteiger partial charge on any atom is 0.273 e. The maximum atomic E-state index is 12.9. The second-order valence-corrected chi connectivity index (χ2v) is 9.87. The summed E-state index contributed by atoms with van der Waals surface area (Å²) in [5, 5.41) is 14.7. The first-order chi connectivity index (χ1) is 16.6.